The van der Waals surface area contributed by atoms with Crippen LogP contribution in [0.3, 0.4) is 0 Å². The van der Waals surface area contributed by atoms with Crippen LogP contribution in [0.15, 0.2) is 30.3 Å². The van der Waals surface area contributed by atoms with Crippen LogP contribution < -0.4 is 0 Å². The van der Waals surface area contributed by atoms with E-state index in [-0.39, 0.29) is 6.10 Å². The zero-order chi connectivity index (χ0) is 14.1. The smallest absolute Gasteiger partial charge is 0.192 e. The van der Waals surface area contributed by atoms with Gasteiger partial charge in [-0.1, -0.05) is 51.1 Å². The third-order valence-corrected chi connectivity index (χ3v) is 8.70. The zero-order valence-corrected chi connectivity index (χ0v) is 13.5. The van der Waals surface area contributed by atoms with E-state index >= 15 is 0 Å². The molecule has 0 fully saturated rings. The van der Waals surface area contributed by atoms with Crippen LogP contribution in [0, 0.1) is 12.3 Å². The highest BCUT2D eigenvalue weighted by Crippen LogP contribution is 2.32. The van der Waals surface area contributed by atoms with E-state index in [1.807, 2.05) is 6.07 Å². The molecule has 0 amide bonds. The van der Waals surface area contributed by atoms with Gasteiger partial charge in [0.1, 0.15) is 0 Å². The van der Waals surface area contributed by atoms with Gasteiger partial charge in [-0.05, 0) is 30.1 Å². The summed E-state index contributed by atoms with van der Waals surface area (Å²) in [6, 6.07) is 14.1. The number of hydrogen-bond acceptors (Lipinski definition) is 1. The molecule has 0 saturated carbocycles. The lowest BCUT2D eigenvalue weighted by atomic mass is 10.1. The highest BCUT2D eigenvalue weighted by Gasteiger charge is 2.32. The Morgan fingerprint density at radius 2 is 1.68 bits per heavy atom. The molecule has 19 heavy (non-hydrogen) atoms. The third kappa shape index (κ3) is 4.52. The second kappa shape index (κ2) is 8.19. The second-order valence-corrected chi connectivity index (χ2v) is 9.73. The SMILES string of the molecule is C#CCCC(O[Si](CC)(CC)CC)c1ccccc1. The molecule has 0 radical (unpaired) electrons. The van der Waals surface area contributed by atoms with Crippen molar-refractivity contribution < 1.29 is 4.43 Å². The number of hydrogen-bond donors (Lipinski definition) is 0. The molecule has 0 aliphatic rings. The third-order valence-electron chi connectivity index (χ3n) is 4.05. The van der Waals surface area contributed by atoms with Gasteiger partial charge in [0.05, 0.1) is 6.10 Å². The minimum Gasteiger partial charge on any atom is -0.410 e. The van der Waals surface area contributed by atoms with Crippen LogP contribution in [0.4, 0.5) is 0 Å². The average Bonchev–Trinajstić information content (AvgIpc) is 2.49. The summed E-state index contributed by atoms with van der Waals surface area (Å²) < 4.78 is 6.62. The second-order valence-electron chi connectivity index (χ2n) is 5.00. The fourth-order valence-electron chi connectivity index (χ4n) is 2.48. The largest absolute Gasteiger partial charge is 0.410 e. The van der Waals surface area contributed by atoms with Crippen molar-refractivity contribution in [2.45, 2.75) is 57.8 Å². The molecule has 0 aliphatic heterocycles. The predicted octanol–water partition coefficient (Wildman–Crippen LogP) is 5.16. The van der Waals surface area contributed by atoms with E-state index in [4.69, 9.17) is 10.8 Å². The standard InChI is InChI=1S/C17H26OSi/c1-5-9-15-17(16-13-11-10-12-14-16)18-19(6-2,7-3)8-4/h1,10-14,17H,6-9,15H2,2-4H3. The molecule has 0 aliphatic carbocycles. The minimum absolute atomic E-state index is 0.170. The Morgan fingerprint density at radius 3 is 2.16 bits per heavy atom. The first-order valence-electron chi connectivity index (χ1n) is 7.37. The van der Waals surface area contributed by atoms with Gasteiger partial charge in [0, 0.05) is 6.42 Å². The lowest BCUT2D eigenvalue weighted by Gasteiger charge is -2.33. The Labute approximate surface area is 119 Å². The summed E-state index contributed by atoms with van der Waals surface area (Å²) in [4.78, 5) is 0. The molecule has 0 heterocycles. The predicted molar refractivity (Wildman–Crippen MR) is 85.5 cm³/mol. The van der Waals surface area contributed by atoms with Gasteiger partial charge in [-0.3, -0.25) is 0 Å². The molecule has 1 aromatic carbocycles. The van der Waals surface area contributed by atoms with Gasteiger partial charge in [0.15, 0.2) is 8.32 Å². The van der Waals surface area contributed by atoms with Crippen molar-refractivity contribution in [2.24, 2.45) is 0 Å². The van der Waals surface area contributed by atoms with E-state index in [2.05, 4.69) is 51.0 Å². The highest BCUT2D eigenvalue weighted by atomic mass is 28.4. The van der Waals surface area contributed by atoms with Gasteiger partial charge in [0.25, 0.3) is 0 Å². The van der Waals surface area contributed by atoms with Crippen LogP contribution in [0.25, 0.3) is 0 Å². The molecule has 1 atom stereocenters. The molecule has 0 bridgehead atoms. The first-order valence-corrected chi connectivity index (χ1v) is 9.90. The van der Waals surface area contributed by atoms with Gasteiger partial charge in [0.2, 0.25) is 0 Å². The molecular formula is C17H26OSi. The Kier molecular flexibility index (Phi) is 6.90. The van der Waals surface area contributed by atoms with Crippen molar-refractivity contribution in [3.05, 3.63) is 35.9 Å². The minimum atomic E-state index is -1.58. The molecule has 0 saturated heterocycles. The summed E-state index contributed by atoms with van der Waals surface area (Å²) in [6.07, 6.45) is 7.30. The lowest BCUT2D eigenvalue weighted by molar-refractivity contribution is 0.181. The zero-order valence-electron chi connectivity index (χ0n) is 12.5. The van der Waals surface area contributed by atoms with E-state index in [1.165, 1.54) is 23.7 Å². The average molecular weight is 274 g/mol. The van der Waals surface area contributed by atoms with Crippen molar-refractivity contribution in [3.8, 4) is 12.3 Å². The normalized spacial score (nSPS) is 12.9. The highest BCUT2D eigenvalue weighted by molar-refractivity contribution is 6.73. The number of benzene rings is 1. The molecule has 104 valence electrons. The van der Waals surface area contributed by atoms with Crippen LogP contribution in [-0.2, 0) is 4.43 Å². The Morgan fingerprint density at radius 1 is 1.11 bits per heavy atom. The van der Waals surface area contributed by atoms with E-state index < -0.39 is 8.32 Å². The molecule has 0 aromatic heterocycles. The molecular weight excluding hydrogens is 248 g/mol. The number of terminal acetylenes is 1. The molecule has 0 spiro atoms. The van der Waals surface area contributed by atoms with Gasteiger partial charge >= 0.3 is 0 Å². The maximum atomic E-state index is 6.62. The van der Waals surface area contributed by atoms with Crippen LogP contribution in [0.1, 0.15) is 45.3 Å². The van der Waals surface area contributed by atoms with E-state index in [0.29, 0.717) is 0 Å². The topological polar surface area (TPSA) is 9.23 Å². The van der Waals surface area contributed by atoms with Gasteiger partial charge in [-0.15, -0.1) is 12.3 Å². The Balaban J connectivity index is 2.89. The molecule has 1 unspecified atom stereocenters. The quantitative estimate of drug-likeness (QED) is 0.470. The molecule has 1 rings (SSSR count). The van der Waals surface area contributed by atoms with E-state index in [0.717, 1.165) is 12.8 Å². The molecule has 1 nitrogen and oxygen atoms in total. The molecule has 0 N–H and O–H groups in total. The van der Waals surface area contributed by atoms with Crippen LogP contribution >= 0.6 is 0 Å². The maximum absolute atomic E-state index is 6.62. The maximum Gasteiger partial charge on any atom is 0.192 e. The van der Waals surface area contributed by atoms with Crippen LogP contribution in [0.5, 0.6) is 0 Å². The first-order chi connectivity index (χ1) is 9.21. The Hall–Kier alpha value is -1.04. The van der Waals surface area contributed by atoms with E-state index in [1.54, 1.807) is 0 Å². The van der Waals surface area contributed by atoms with Gasteiger partial charge < -0.3 is 4.43 Å². The van der Waals surface area contributed by atoms with Crippen LogP contribution in [0.2, 0.25) is 18.1 Å². The Bertz CT molecular complexity index is 381. The summed E-state index contributed by atoms with van der Waals surface area (Å²) in [5, 5.41) is 0. The summed E-state index contributed by atoms with van der Waals surface area (Å²) in [5.41, 5.74) is 1.27. The lowest BCUT2D eigenvalue weighted by Crippen LogP contribution is -2.37. The van der Waals surface area contributed by atoms with Crippen molar-refractivity contribution in [2.75, 3.05) is 0 Å². The fraction of sp³-hybridized carbons (Fsp3) is 0.529. The molecule has 1 aromatic rings. The van der Waals surface area contributed by atoms with Crippen molar-refractivity contribution in [1.82, 2.24) is 0 Å². The van der Waals surface area contributed by atoms with Crippen LogP contribution in [-0.4, -0.2) is 8.32 Å². The van der Waals surface area contributed by atoms with Gasteiger partial charge in [-0.2, -0.15) is 0 Å². The summed E-state index contributed by atoms with van der Waals surface area (Å²) in [7, 11) is -1.58. The first kappa shape index (κ1) is 16.0. The number of rotatable bonds is 8. The fourth-order valence-corrected chi connectivity index (χ4v) is 5.34. The summed E-state index contributed by atoms with van der Waals surface area (Å²) in [5.74, 6) is 2.74. The van der Waals surface area contributed by atoms with E-state index in [9.17, 15) is 0 Å². The van der Waals surface area contributed by atoms with Crippen molar-refractivity contribution in [3.63, 3.8) is 0 Å². The monoisotopic (exact) mass is 274 g/mol. The van der Waals surface area contributed by atoms with Crippen molar-refractivity contribution >= 4 is 8.32 Å². The van der Waals surface area contributed by atoms with Crippen molar-refractivity contribution in [1.29, 1.82) is 0 Å². The van der Waals surface area contributed by atoms with Gasteiger partial charge in [-0.25, -0.2) is 0 Å². The summed E-state index contributed by atoms with van der Waals surface area (Å²) in [6.45, 7) is 6.80. The summed E-state index contributed by atoms with van der Waals surface area (Å²) >= 11 is 0. The molecule has 2 heteroatoms.